The maximum Gasteiger partial charge on any atom is 0.326 e. The minimum atomic E-state index is -1.21. The molecule has 0 saturated carbocycles. The molecule has 0 saturated heterocycles. The molecule has 10 nitrogen and oxygen atoms in total. The molecule has 0 unspecified atom stereocenters. The summed E-state index contributed by atoms with van der Waals surface area (Å²) < 4.78 is 0. The molecule has 0 aliphatic heterocycles. The van der Waals surface area contributed by atoms with E-state index < -0.39 is 41.9 Å². The van der Waals surface area contributed by atoms with Gasteiger partial charge in [-0.15, -0.1) is 0 Å². The Kier molecular flexibility index (Phi) is 12.0. The Bertz CT molecular complexity index is 512. The van der Waals surface area contributed by atoms with Gasteiger partial charge in [0.1, 0.15) is 12.1 Å². The van der Waals surface area contributed by atoms with E-state index in [1.807, 2.05) is 13.8 Å². The summed E-state index contributed by atoms with van der Waals surface area (Å²) in [5.74, 6) is -3.51. The van der Waals surface area contributed by atoms with Crippen LogP contribution in [0.25, 0.3) is 0 Å². The van der Waals surface area contributed by atoms with Crippen LogP contribution in [0.4, 0.5) is 0 Å². The molecule has 0 aliphatic rings. The molecule has 0 spiro atoms. The monoisotopic (exact) mass is 388 g/mol. The third kappa shape index (κ3) is 11.2. The highest BCUT2D eigenvalue weighted by molar-refractivity contribution is 5.92. The first-order valence-electron chi connectivity index (χ1n) is 9.09. The highest BCUT2D eigenvalue weighted by atomic mass is 16.4. The van der Waals surface area contributed by atoms with Gasteiger partial charge in [-0.05, 0) is 44.6 Å². The van der Waals surface area contributed by atoms with Crippen LogP contribution in [0.1, 0.15) is 52.4 Å². The van der Waals surface area contributed by atoms with Gasteiger partial charge >= 0.3 is 11.9 Å². The van der Waals surface area contributed by atoms with Crippen molar-refractivity contribution >= 4 is 23.8 Å². The van der Waals surface area contributed by atoms with Crippen molar-refractivity contribution in [3.63, 3.8) is 0 Å². The Morgan fingerprint density at radius 3 is 2.00 bits per heavy atom. The second kappa shape index (κ2) is 13.0. The summed E-state index contributed by atoms with van der Waals surface area (Å²) in [6.07, 6.45) is 1.18. The molecule has 0 aromatic carbocycles. The van der Waals surface area contributed by atoms with Gasteiger partial charge in [0.2, 0.25) is 11.8 Å². The Morgan fingerprint density at radius 1 is 0.926 bits per heavy atom. The molecule has 0 heterocycles. The van der Waals surface area contributed by atoms with Gasteiger partial charge in [0.15, 0.2) is 0 Å². The highest BCUT2D eigenvalue weighted by Gasteiger charge is 2.28. The van der Waals surface area contributed by atoms with E-state index in [2.05, 4.69) is 10.6 Å². The van der Waals surface area contributed by atoms with Crippen LogP contribution in [0.2, 0.25) is 0 Å². The number of rotatable bonds is 14. The van der Waals surface area contributed by atoms with E-state index in [1.165, 1.54) is 0 Å². The third-order valence-electron chi connectivity index (χ3n) is 3.90. The van der Waals surface area contributed by atoms with E-state index in [4.69, 9.17) is 16.6 Å². The Labute approximate surface area is 159 Å². The number of hydrogen-bond acceptors (Lipinski definition) is 6. The molecule has 0 radical (unpaired) electrons. The van der Waals surface area contributed by atoms with Crippen LogP contribution in [-0.2, 0) is 19.2 Å². The topological polar surface area (TPSA) is 185 Å². The zero-order valence-corrected chi connectivity index (χ0v) is 15.9. The van der Waals surface area contributed by atoms with Crippen LogP contribution in [0.5, 0.6) is 0 Å². The fourth-order valence-corrected chi connectivity index (χ4v) is 2.45. The normalized spacial score (nSPS) is 14.3. The zero-order valence-electron chi connectivity index (χ0n) is 15.9. The lowest BCUT2D eigenvalue weighted by Crippen LogP contribution is -2.54. The Hall–Kier alpha value is -2.20. The standard InChI is InChI=1S/C17H32N4O6/c1-10(2)9-11(19)15(24)20-12(6-7-14(22)23)16(25)21-13(17(26)27)5-3-4-8-18/h10-13H,3-9,18-19H2,1-2H3,(H,20,24)(H,21,25)(H,22,23)(H,26,27)/t11-,12-,13-/m0/s1. The molecule has 3 atom stereocenters. The van der Waals surface area contributed by atoms with Gasteiger partial charge in [-0.25, -0.2) is 4.79 Å². The van der Waals surface area contributed by atoms with Crippen molar-refractivity contribution in [3.8, 4) is 0 Å². The molecule has 0 bridgehead atoms. The van der Waals surface area contributed by atoms with Crippen LogP contribution in [0.15, 0.2) is 0 Å². The molecule has 0 aliphatic carbocycles. The lowest BCUT2D eigenvalue weighted by molar-refractivity contribution is -0.143. The predicted molar refractivity (Wildman–Crippen MR) is 98.7 cm³/mol. The van der Waals surface area contributed by atoms with Crippen molar-refractivity contribution < 1.29 is 29.4 Å². The van der Waals surface area contributed by atoms with Crippen LogP contribution in [0.3, 0.4) is 0 Å². The second-order valence-corrected chi connectivity index (χ2v) is 6.91. The van der Waals surface area contributed by atoms with E-state index in [0.29, 0.717) is 25.8 Å². The van der Waals surface area contributed by atoms with Gasteiger partial charge in [-0.3, -0.25) is 14.4 Å². The number of nitrogens with one attached hydrogen (secondary N) is 2. The van der Waals surface area contributed by atoms with Crippen LogP contribution in [-0.4, -0.2) is 58.6 Å². The molecule has 27 heavy (non-hydrogen) atoms. The second-order valence-electron chi connectivity index (χ2n) is 6.91. The summed E-state index contributed by atoms with van der Waals surface area (Å²) in [6.45, 7) is 4.19. The summed E-state index contributed by atoms with van der Waals surface area (Å²) >= 11 is 0. The quantitative estimate of drug-likeness (QED) is 0.213. The molecule has 10 heteroatoms. The zero-order chi connectivity index (χ0) is 21.0. The van der Waals surface area contributed by atoms with Gasteiger partial charge < -0.3 is 32.3 Å². The Balaban J connectivity index is 5.01. The van der Waals surface area contributed by atoms with Crippen LogP contribution in [0, 0.1) is 5.92 Å². The summed E-state index contributed by atoms with van der Waals surface area (Å²) in [7, 11) is 0. The maximum absolute atomic E-state index is 12.4. The first-order valence-corrected chi connectivity index (χ1v) is 9.09. The Morgan fingerprint density at radius 2 is 1.52 bits per heavy atom. The van der Waals surface area contributed by atoms with E-state index in [-0.39, 0.29) is 25.2 Å². The maximum atomic E-state index is 12.4. The molecule has 2 amide bonds. The molecule has 0 aromatic rings. The summed E-state index contributed by atoms with van der Waals surface area (Å²) in [6, 6.07) is -3.16. The average molecular weight is 388 g/mol. The summed E-state index contributed by atoms with van der Waals surface area (Å²) in [4.78, 5) is 46.8. The number of aliphatic carboxylic acids is 2. The molecule has 0 aromatic heterocycles. The number of carboxylic acid groups (broad SMARTS) is 2. The fraction of sp³-hybridized carbons (Fsp3) is 0.765. The molecule has 0 fully saturated rings. The van der Waals surface area contributed by atoms with Crippen molar-refractivity contribution in [3.05, 3.63) is 0 Å². The van der Waals surface area contributed by atoms with E-state index in [9.17, 15) is 24.3 Å². The van der Waals surface area contributed by atoms with Crippen molar-refractivity contribution in [1.29, 1.82) is 0 Å². The molecule has 8 N–H and O–H groups in total. The minimum absolute atomic E-state index is 0.163. The highest BCUT2D eigenvalue weighted by Crippen LogP contribution is 2.06. The number of nitrogens with two attached hydrogens (primary N) is 2. The minimum Gasteiger partial charge on any atom is -0.481 e. The molecule has 0 rings (SSSR count). The molecular weight excluding hydrogens is 356 g/mol. The largest absolute Gasteiger partial charge is 0.481 e. The summed E-state index contributed by atoms with van der Waals surface area (Å²) in [5.41, 5.74) is 11.2. The SMILES string of the molecule is CC(C)C[C@H](N)C(=O)N[C@@H](CCC(=O)O)C(=O)N[C@@H](CCCCN)C(=O)O. The number of carbonyl (C=O) groups excluding carboxylic acids is 2. The lowest BCUT2D eigenvalue weighted by Gasteiger charge is -2.23. The number of carboxylic acids is 2. The van der Waals surface area contributed by atoms with E-state index in [0.717, 1.165) is 0 Å². The average Bonchev–Trinajstić information content (AvgIpc) is 2.56. The number of unbranched alkanes of at least 4 members (excludes halogenated alkanes) is 1. The fourth-order valence-electron chi connectivity index (χ4n) is 2.45. The predicted octanol–water partition coefficient (Wildman–Crippen LogP) is -0.592. The first-order chi connectivity index (χ1) is 12.6. The van der Waals surface area contributed by atoms with E-state index in [1.54, 1.807) is 0 Å². The van der Waals surface area contributed by atoms with Crippen molar-refractivity contribution in [2.75, 3.05) is 6.54 Å². The van der Waals surface area contributed by atoms with Gasteiger partial charge in [-0.1, -0.05) is 13.8 Å². The molecular formula is C17H32N4O6. The van der Waals surface area contributed by atoms with Gasteiger partial charge in [0.25, 0.3) is 0 Å². The number of amides is 2. The van der Waals surface area contributed by atoms with Gasteiger partial charge in [0.05, 0.1) is 6.04 Å². The first kappa shape index (κ1) is 24.8. The van der Waals surface area contributed by atoms with Crippen LogP contribution < -0.4 is 22.1 Å². The number of carbonyl (C=O) groups is 4. The smallest absolute Gasteiger partial charge is 0.326 e. The molecule has 156 valence electrons. The van der Waals surface area contributed by atoms with Gasteiger partial charge in [-0.2, -0.15) is 0 Å². The summed E-state index contributed by atoms with van der Waals surface area (Å²) in [5, 5.41) is 22.9. The third-order valence-corrected chi connectivity index (χ3v) is 3.90. The lowest BCUT2D eigenvalue weighted by atomic mass is 10.0. The van der Waals surface area contributed by atoms with Crippen molar-refractivity contribution in [2.45, 2.75) is 70.5 Å². The van der Waals surface area contributed by atoms with Crippen LogP contribution >= 0.6 is 0 Å². The van der Waals surface area contributed by atoms with Gasteiger partial charge in [0, 0.05) is 6.42 Å². The van der Waals surface area contributed by atoms with Crippen molar-refractivity contribution in [1.82, 2.24) is 10.6 Å². The van der Waals surface area contributed by atoms with Crippen molar-refractivity contribution in [2.24, 2.45) is 17.4 Å². The van der Waals surface area contributed by atoms with E-state index >= 15 is 0 Å². The number of hydrogen-bond donors (Lipinski definition) is 6.